The summed E-state index contributed by atoms with van der Waals surface area (Å²) in [5.74, 6) is -1.43. The molecule has 2 amide bonds. The van der Waals surface area contributed by atoms with E-state index >= 15 is 0 Å². The molecule has 2 aromatic carbocycles. The summed E-state index contributed by atoms with van der Waals surface area (Å²) in [5, 5.41) is 11.8. The van der Waals surface area contributed by atoms with Crippen molar-refractivity contribution in [2.75, 3.05) is 13.2 Å². The average Bonchev–Trinajstić information content (AvgIpc) is 3.16. The van der Waals surface area contributed by atoms with Gasteiger partial charge in [-0.15, -0.1) is 11.8 Å². The summed E-state index contributed by atoms with van der Waals surface area (Å²) in [6.07, 6.45) is 1.69. The van der Waals surface area contributed by atoms with Gasteiger partial charge in [0.25, 0.3) is 5.91 Å². The summed E-state index contributed by atoms with van der Waals surface area (Å²) in [7, 11) is 0. The third kappa shape index (κ3) is 4.79. The Kier molecular flexibility index (Phi) is 6.77. The molecule has 2 fully saturated rings. The van der Waals surface area contributed by atoms with E-state index in [1.807, 2.05) is 36.4 Å². The van der Waals surface area contributed by atoms with Crippen molar-refractivity contribution in [3.8, 4) is 5.75 Å². The third-order valence-corrected chi connectivity index (χ3v) is 6.46. The van der Waals surface area contributed by atoms with E-state index in [4.69, 9.17) is 9.47 Å². The zero-order chi connectivity index (χ0) is 22.5. The van der Waals surface area contributed by atoms with Crippen molar-refractivity contribution in [3.63, 3.8) is 0 Å². The molecule has 2 aliphatic rings. The van der Waals surface area contributed by atoms with Gasteiger partial charge in [0, 0.05) is 4.91 Å². The van der Waals surface area contributed by atoms with Gasteiger partial charge in [0.15, 0.2) is 12.6 Å². The van der Waals surface area contributed by atoms with Gasteiger partial charge in [-0.3, -0.25) is 9.59 Å². The van der Waals surface area contributed by atoms with Crippen LogP contribution in [0.3, 0.4) is 0 Å². The van der Waals surface area contributed by atoms with Crippen LogP contribution in [-0.4, -0.2) is 58.5 Å². The van der Waals surface area contributed by atoms with Crippen LogP contribution in [0.4, 0.5) is 0 Å². The molecule has 0 aliphatic carbocycles. The number of carbonyl (C=O) groups is 3. The number of carboxylic acid groups (broad SMARTS) is 1. The summed E-state index contributed by atoms with van der Waals surface area (Å²) in [4.78, 5) is 38.4. The predicted molar refractivity (Wildman–Crippen MR) is 118 cm³/mol. The van der Waals surface area contributed by atoms with Crippen molar-refractivity contribution in [2.24, 2.45) is 0 Å². The highest BCUT2D eigenvalue weighted by Crippen LogP contribution is 2.46. The van der Waals surface area contributed by atoms with E-state index in [0.717, 1.165) is 5.56 Å². The Balaban J connectivity index is 1.32. The number of carboxylic acids is 1. The molecule has 0 saturated carbocycles. The van der Waals surface area contributed by atoms with Gasteiger partial charge in [-0.1, -0.05) is 48.5 Å². The average molecular weight is 455 g/mol. The number of rotatable bonds is 9. The van der Waals surface area contributed by atoms with Gasteiger partial charge >= 0.3 is 5.97 Å². The van der Waals surface area contributed by atoms with Crippen LogP contribution in [0.15, 0.2) is 71.6 Å². The number of β-lactam (4-membered cyclic amide) rings is 1. The maximum absolute atomic E-state index is 12.6. The van der Waals surface area contributed by atoms with Gasteiger partial charge in [0.05, 0.1) is 13.2 Å². The highest BCUT2D eigenvalue weighted by molar-refractivity contribution is 8.04. The molecule has 2 N–H and O–H groups in total. The first-order chi connectivity index (χ1) is 15.5. The van der Waals surface area contributed by atoms with E-state index in [-0.39, 0.29) is 13.2 Å². The number of aliphatic carboxylic acids is 1. The van der Waals surface area contributed by atoms with E-state index in [1.165, 1.54) is 16.7 Å². The van der Waals surface area contributed by atoms with Gasteiger partial charge in [0.1, 0.15) is 17.2 Å². The molecule has 32 heavy (non-hydrogen) atoms. The van der Waals surface area contributed by atoms with E-state index < -0.39 is 35.2 Å². The number of hydrogen-bond acceptors (Lipinski definition) is 6. The number of hydrogen-bond donors (Lipinski definition) is 2. The van der Waals surface area contributed by atoms with Crippen molar-refractivity contribution in [2.45, 2.75) is 24.1 Å². The van der Waals surface area contributed by atoms with Crippen LogP contribution in [0.1, 0.15) is 5.56 Å². The van der Waals surface area contributed by atoms with E-state index in [2.05, 4.69) is 5.32 Å². The Bertz CT molecular complexity index is 1010. The molecule has 8 nitrogen and oxygen atoms in total. The Hall–Kier alpha value is -3.30. The number of benzene rings is 2. The molecule has 0 spiro atoms. The van der Waals surface area contributed by atoms with Crippen LogP contribution >= 0.6 is 11.8 Å². The monoisotopic (exact) mass is 454 g/mol. The van der Waals surface area contributed by atoms with Gasteiger partial charge in [-0.2, -0.15) is 0 Å². The lowest BCUT2D eigenvalue weighted by atomic mass is 10.0. The second-order valence-corrected chi connectivity index (χ2v) is 8.44. The third-order valence-electron chi connectivity index (χ3n) is 5.06. The van der Waals surface area contributed by atoms with Crippen molar-refractivity contribution in [3.05, 3.63) is 77.2 Å². The number of thioether (sulfide) groups is 1. The van der Waals surface area contributed by atoms with Gasteiger partial charge in [0.2, 0.25) is 5.91 Å². The first-order valence-corrected chi connectivity index (χ1v) is 10.9. The van der Waals surface area contributed by atoms with Crippen molar-refractivity contribution in [1.29, 1.82) is 0 Å². The zero-order valence-corrected chi connectivity index (χ0v) is 17.9. The molecule has 2 unspecified atom stereocenters. The number of carbonyl (C=O) groups excluding carboxylic acids is 2. The molecule has 0 bridgehead atoms. The van der Waals surface area contributed by atoms with Crippen LogP contribution in [0.25, 0.3) is 0 Å². The van der Waals surface area contributed by atoms with Crippen LogP contribution < -0.4 is 10.1 Å². The number of nitrogens with one attached hydrogen (secondary N) is 1. The lowest BCUT2D eigenvalue weighted by Crippen LogP contribution is -2.70. The molecule has 166 valence electrons. The van der Waals surface area contributed by atoms with Gasteiger partial charge in [-0.05, 0) is 23.8 Å². The Morgan fingerprint density at radius 3 is 2.47 bits per heavy atom. The fraction of sp³-hybridized carbons (Fsp3) is 0.261. The number of ether oxygens (including phenoxy) is 2. The summed E-state index contributed by atoms with van der Waals surface area (Å²) in [5.41, 5.74) is 1.01. The smallest absolute Gasteiger partial charge is 0.331 e. The van der Waals surface area contributed by atoms with Crippen LogP contribution in [0.5, 0.6) is 5.75 Å². The lowest BCUT2D eigenvalue weighted by Gasteiger charge is -2.42. The number of amides is 2. The highest BCUT2D eigenvalue weighted by atomic mass is 32.2. The minimum atomic E-state index is -1.11. The minimum absolute atomic E-state index is 0.220. The summed E-state index contributed by atoms with van der Waals surface area (Å²) < 4.78 is 11.0. The van der Waals surface area contributed by atoms with Gasteiger partial charge in [-0.25, -0.2) is 4.79 Å². The summed E-state index contributed by atoms with van der Waals surface area (Å²) in [6, 6.07) is 16.7. The maximum atomic E-state index is 12.6. The first kappa shape index (κ1) is 21.9. The van der Waals surface area contributed by atoms with Crippen molar-refractivity contribution >= 4 is 29.5 Å². The maximum Gasteiger partial charge on any atom is 0.331 e. The SMILES string of the molecule is O=C(COc1ccccc1)NC1C(=O)N2C1SC(=CCOCc1ccccc1)[C@@H]2C(=O)O. The van der Waals surface area contributed by atoms with E-state index in [9.17, 15) is 19.5 Å². The number of para-hydroxylation sites is 1. The summed E-state index contributed by atoms with van der Waals surface area (Å²) >= 11 is 1.26. The minimum Gasteiger partial charge on any atom is -0.484 e. The molecule has 2 saturated heterocycles. The quantitative estimate of drug-likeness (QED) is 0.441. The normalized spacial score (nSPS) is 22.9. The van der Waals surface area contributed by atoms with Crippen LogP contribution in [-0.2, 0) is 25.7 Å². The molecule has 2 aromatic rings. The van der Waals surface area contributed by atoms with Crippen LogP contribution in [0, 0.1) is 0 Å². The predicted octanol–water partition coefficient (Wildman–Crippen LogP) is 2.02. The standard InChI is InChI=1S/C23H22N2O6S/c26-18(14-31-16-9-5-2-6-10-16)24-19-21(27)25-20(23(28)29)17(32-22(19)25)11-12-30-13-15-7-3-1-4-8-15/h1-11,19-20,22H,12-14H2,(H,24,26)(H,28,29)/t19?,20-,22?/m1/s1. The van der Waals surface area contributed by atoms with Crippen molar-refractivity contribution in [1.82, 2.24) is 10.2 Å². The van der Waals surface area contributed by atoms with Gasteiger partial charge < -0.3 is 24.8 Å². The van der Waals surface area contributed by atoms with Crippen LogP contribution in [0.2, 0.25) is 0 Å². The zero-order valence-electron chi connectivity index (χ0n) is 17.0. The van der Waals surface area contributed by atoms with Crippen molar-refractivity contribution < 1.29 is 29.0 Å². The van der Waals surface area contributed by atoms with E-state index in [0.29, 0.717) is 17.3 Å². The molecular formula is C23H22N2O6S. The number of nitrogens with zero attached hydrogens (tertiary/aromatic N) is 1. The Morgan fingerprint density at radius 1 is 1.09 bits per heavy atom. The largest absolute Gasteiger partial charge is 0.484 e. The first-order valence-electron chi connectivity index (χ1n) is 10.0. The fourth-order valence-corrected chi connectivity index (χ4v) is 4.98. The molecule has 0 aromatic heterocycles. The number of fused-ring (bicyclic) bond motifs is 1. The molecular weight excluding hydrogens is 432 g/mol. The molecule has 2 heterocycles. The Morgan fingerprint density at radius 2 is 1.78 bits per heavy atom. The summed E-state index contributed by atoms with van der Waals surface area (Å²) in [6.45, 7) is 0.389. The topological polar surface area (TPSA) is 105 Å². The molecule has 9 heteroatoms. The molecule has 4 rings (SSSR count). The molecule has 0 radical (unpaired) electrons. The fourth-order valence-electron chi connectivity index (χ4n) is 3.53. The highest BCUT2D eigenvalue weighted by Gasteiger charge is 2.59. The Labute approximate surface area is 189 Å². The second-order valence-electron chi connectivity index (χ2n) is 7.25. The lowest BCUT2D eigenvalue weighted by molar-refractivity contribution is -0.158. The molecule has 2 aliphatic heterocycles. The second kappa shape index (κ2) is 9.88. The van der Waals surface area contributed by atoms with E-state index in [1.54, 1.807) is 30.3 Å². The molecule has 3 atom stereocenters.